The fourth-order valence-corrected chi connectivity index (χ4v) is 1.46. The summed E-state index contributed by atoms with van der Waals surface area (Å²) >= 11 is 0. The van der Waals surface area contributed by atoms with Crippen molar-refractivity contribution >= 4 is 11.9 Å². The zero-order chi connectivity index (χ0) is 14.5. The Morgan fingerprint density at radius 1 is 1.25 bits per heavy atom. The summed E-state index contributed by atoms with van der Waals surface area (Å²) < 4.78 is 14.5. The lowest BCUT2D eigenvalue weighted by atomic mass is 10.3. The SMILES string of the molecule is COC(=O)c1ccc(COC(=O)c2ccc[nH]c2=O)o1. The number of hydrogen-bond donors (Lipinski definition) is 1. The summed E-state index contributed by atoms with van der Waals surface area (Å²) in [5.74, 6) is -1.12. The summed E-state index contributed by atoms with van der Waals surface area (Å²) in [6, 6.07) is 5.75. The topological polar surface area (TPSA) is 98.6 Å². The van der Waals surface area contributed by atoms with Gasteiger partial charge in [-0.3, -0.25) is 4.79 Å². The van der Waals surface area contributed by atoms with Crippen LogP contribution in [0.5, 0.6) is 0 Å². The third-order valence-corrected chi connectivity index (χ3v) is 2.43. The predicted octanol–water partition coefficient (Wildman–Crippen LogP) is 1.11. The van der Waals surface area contributed by atoms with Crippen LogP contribution in [0.3, 0.4) is 0 Å². The number of H-pyrrole nitrogens is 1. The Morgan fingerprint density at radius 3 is 2.75 bits per heavy atom. The molecule has 104 valence electrons. The van der Waals surface area contributed by atoms with Crippen LogP contribution in [0, 0.1) is 0 Å². The van der Waals surface area contributed by atoms with Crippen LogP contribution in [0.1, 0.15) is 26.7 Å². The molecule has 1 N–H and O–H groups in total. The number of carbonyl (C=O) groups is 2. The van der Waals surface area contributed by atoms with Gasteiger partial charge in [0, 0.05) is 6.20 Å². The lowest BCUT2D eigenvalue weighted by Gasteiger charge is -2.01. The van der Waals surface area contributed by atoms with Crippen molar-refractivity contribution in [1.82, 2.24) is 4.98 Å². The molecule has 0 saturated heterocycles. The molecule has 2 rings (SSSR count). The third-order valence-electron chi connectivity index (χ3n) is 2.43. The van der Waals surface area contributed by atoms with Crippen LogP contribution in [-0.4, -0.2) is 24.0 Å². The van der Waals surface area contributed by atoms with Crippen molar-refractivity contribution in [2.45, 2.75) is 6.61 Å². The molecule has 0 fully saturated rings. The van der Waals surface area contributed by atoms with E-state index >= 15 is 0 Å². The van der Waals surface area contributed by atoms with Gasteiger partial charge in [-0.25, -0.2) is 9.59 Å². The van der Waals surface area contributed by atoms with E-state index in [1.54, 1.807) is 0 Å². The number of pyridine rings is 1. The number of aromatic amines is 1. The Balaban J connectivity index is 2.01. The number of ether oxygens (including phenoxy) is 2. The second-order valence-electron chi connectivity index (χ2n) is 3.75. The van der Waals surface area contributed by atoms with Crippen LogP contribution >= 0.6 is 0 Å². The Morgan fingerprint density at radius 2 is 2.05 bits per heavy atom. The number of esters is 2. The quantitative estimate of drug-likeness (QED) is 0.840. The van der Waals surface area contributed by atoms with E-state index in [2.05, 4.69) is 9.72 Å². The molecule has 0 unspecified atom stereocenters. The lowest BCUT2D eigenvalue weighted by molar-refractivity contribution is 0.0436. The number of hydrogen-bond acceptors (Lipinski definition) is 6. The molecule has 0 spiro atoms. The van der Waals surface area contributed by atoms with Gasteiger partial charge >= 0.3 is 11.9 Å². The van der Waals surface area contributed by atoms with Crippen LogP contribution in [0.4, 0.5) is 0 Å². The average molecular weight is 277 g/mol. The van der Waals surface area contributed by atoms with E-state index in [1.807, 2.05) is 0 Å². The van der Waals surface area contributed by atoms with Crippen molar-refractivity contribution in [1.29, 1.82) is 0 Å². The molecule has 0 aromatic carbocycles. The average Bonchev–Trinajstić information content (AvgIpc) is 2.93. The zero-order valence-corrected chi connectivity index (χ0v) is 10.5. The normalized spacial score (nSPS) is 10.1. The highest BCUT2D eigenvalue weighted by Crippen LogP contribution is 2.10. The van der Waals surface area contributed by atoms with E-state index < -0.39 is 17.5 Å². The summed E-state index contributed by atoms with van der Waals surface area (Å²) in [6.07, 6.45) is 1.41. The van der Waals surface area contributed by atoms with Crippen molar-refractivity contribution in [3.8, 4) is 0 Å². The highest BCUT2D eigenvalue weighted by atomic mass is 16.6. The molecule has 7 heteroatoms. The van der Waals surface area contributed by atoms with Crippen LogP contribution in [0.2, 0.25) is 0 Å². The molecular weight excluding hydrogens is 266 g/mol. The smallest absolute Gasteiger partial charge is 0.373 e. The number of rotatable bonds is 4. The largest absolute Gasteiger partial charge is 0.463 e. The molecule has 2 aromatic rings. The first-order valence-electron chi connectivity index (χ1n) is 5.63. The van der Waals surface area contributed by atoms with E-state index in [9.17, 15) is 14.4 Å². The summed E-state index contributed by atoms with van der Waals surface area (Å²) in [4.78, 5) is 36.5. The summed E-state index contributed by atoms with van der Waals surface area (Å²) in [5.41, 5.74) is -0.639. The van der Waals surface area contributed by atoms with Gasteiger partial charge in [0.15, 0.2) is 0 Å². The monoisotopic (exact) mass is 277 g/mol. The number of nitrogens with one attached hydrogen (secondary N) is 1. The van der Waals surface area contributed by atoms with E-state index in [4.69, 9.17) is 9.15 Å². The number of carbonyl (C=O) groups excluding carboxylic acids is 2. The number of aromatic nitrogens is 1. The van der Waals surface area contributed by atoms with Crippen molar-refractivity contribution in [2.24, 2.45) is 0 Å². The summed E-state index contributed by atoms with van der Waals surface area (Å²) in [6.45, 7) is -0.190. The molecule has 7 nitrogen and oxygen atoms in total. The molecule has 0 saturated carbocycles. The second-order valence-corrected chi connectivity index (χ2v) is 3.75. The second kappa shape index (κ2) is 5.87. The van der Waals surface area contributed by atoms with Crippen LogP contribution < -0.4 is 5.56 Å². The van der Waals surface area contributed by atoms with E-state index in [1.165, 1.54) is 37.6 Å². The van der Waals surface area contributed by atoms with Gasteiger partial charge in [-0.15, -0.1) is 0 Å². The molecule has 0 aliphatic heterocycles. The maximum atomic E-state index is 11.7. The highest BCUT2D eigenvalue weighted by molar-refractivity contribution is 5.88. The lowest BCUT2D eigenvalue weighted by Crippen LogP contribution is -2.18. The molecule has 0 atom stereocenters. The molecule has 2 heterocycles. The minimum Gasteiger partial charge on any atom is -0.463 e. The van der Waals surface area contributed by atoms with Crippen molar-refractivity contribution in [3.05, 3.63) is 57.9 Å². The van der Waals surface area contributed by atoms with Crippen molar-refractivity contribution < 1.29 is 23.5 Å². The van der Waals surface area contributed by atoms with Gasteiger partial charge in [-0.05, 0) is 24.3 Å². The fraction of sp³-hybridized carbons (Fsp3) is 0.154. The maximum absolute atomic E-state index is 11.7. The van der Waals surface area contributed by atoms with Crippen molar-refractivity contribution in [2.75, 3.05) is 7.11 Å². The van der Waals surface area contributed by atoms with Gasteiger partial charge in [-0.2, -0.15) is 0 Å². The van der Waals surface area contributed by atoms with Gasteiger partial charge < -0.3 is 18.9 Å². The summed E-state index contributed by atoms with van der Waals surface area (Å²) in [5, 5.41) is 0. The molecule has 0 aliphatic carbocycles. The summed E-state index contributed by atoms with van der Waals surface area (Å²) in [7, 11) is 1.23. The van der Waals surface area contributed by atoms with Gasteiger partial charge in [0.25, 0.3) is 5.56 Å². The molecular formula is C13H11NO6. The first-order valence-corrected chi connectivity index (χ1v) is 5.63. The Hall–Kier alpha value is -2.83. The minimum atomic E-state index is -0.775. The molecule has 0 aliphatic rings. The van der Waals surface area contributed by atoms with Crippen LogP contribution in [0.25, 0.3) is 0 Å². The van der Waals surface area contributed by atoms with Gasteiger partial charge in [0.05, 0.1) is 7.11 Å². The molecule has 2 aromatic heterocycles. The number of methoxy groups -OCH3 is 1. The molecule has 0 radical (unpaired) electrons. The van der Waals surface area contributed by atoms with E-state index in [-0.39, 0.29) is 23.7 Å². The van der Waals surface area contributed by atoms with Crippen LogP contribution in [0.15, 0.2) is 39.7 Å². The predicted molar refractivity (Wildman–Crippen MR) is 66.2 cm³/mol. The number of furan rings is 1. The molecule has 0 bridgehead atoms. The Labute approximate surface area is 113 Å². The maximum Gasteiger partial charge on any atom is 0.373 e. The molecule has 20 heavy (non-hydrogen) atoms. The van der Waals surface area contributed by atoms with Gasteiger partial charge in [0.2, 0.25) is 5.76 Å². The van der Waals surface area contributed by atoms with E-state index in [0.29, 0.717) is 0 Å². The fourth-order valence-electron chi connectivity index (χ4n) is 1.46. The Kier molecular flexibility index (Phi) is 3.99. The van der Waals surface area contributed by atoms with Gasteiger partial charge in [-0.1, -0.05) is 0 Å². The van der Waals surface area contributed by atoms with Crippen LogP contribution in [-0.2, 0) is 16.1 Å². The third kappa shape index (κ3) is 2.94. The standard InChI is InChI=1S/C13H11NO6/c1-18-13(17)10-5-4-8(20-10)7-19-12(16)9-3-2-6-14-11(9)15/h2-6H,7H2,1H3,(H,14,15). The zero-order valence-electron chi connectivity index (χ0n) is 10.5. The minimum absolute atomic E-state index is 0.0103. The highest BCUT2D eigenvalue weighted by Gasteiger charge is 2.14. The first-order chi connectivity index (χ1) is 9.61. The molecule has 0 amide bonds. The van der Waals surface area contributed by atoms with Gasteiger partial charge in [0.1, 0.15) is 17.9 Å². The Bertz CT molecular complexity index is 684. The first kappa shape index (κ1) is 13.6. The van der Waals surface area contributed by atoms with E-state index in [0.717, 1.165) is 0 Å². The van der Waals surface area contributed by atoms with Crippen molar-refractivity contribution in [3.63, 3.8) is 0 Å².